The van der Waals surface area contributed by atoms with Gasteiger partial charge in [0.05, 0.1) is 16.4 Å². The highest BCUT2D eigenvalue weighted by Crippen LogP contribution is 2.33. The topological polar surface area (TPSA) is 140 Å². The Morgan fingerprint density at radius 1 is 1.00 bits per heavy atom. The van der Waals surface area contributed by atoms with E-state index in [-0.39, 0.29) is 28.3 Å². The summed E-state index contributed by atoms with van der Waals surface area (Å²) in [5, 5.41) is 29.5. The summed E-state index contributed by atoms with van der Waals surface area (Å²) >= 11 is 0. The normalized spacial score (nSPS) is 14.7. The van der Waals surface area contributed by atoms with Gasteiger partial charge in [-0.15, -0.1) is 10.2 Å². The molecule has 0 saturated carbocycles. The van der Waals surface area contributed by atoms with E-state index in [0.29, 0.717) is 22.7 Å². The fourth-order valence-corrected chi connectivity index (χ4v) is 4.63. The number of benzene rings is 2. The summed E-state index contributed by atoms with van der Waals surface area (Å²) in [6, 6.07) is 11.2. The Kier molecular flexibility index (Phi) is 5.02. The van der Waals surface area contributed by atoms with Crippen molar-refractivity contribution in [1.82, 2.24) is 40.9 Å². The molecular formula is C23H22FN9O. The van der Waals surface area contributed by atoms with Crippen LogP contribution in [0.15, 0.2) is 41.2 Å². The first-order valence-corrected chi connectivity index (χ1v) is 11.2. The van der Waals surface area contributed by atoms with E-state index < -0.39 is 6.67 Å². The van der Waals surface area contributed by atoms with Gasteiger partial charge < -0.3 is 10.6 Å². The number of aromatic nitrogens is 7. The highest BCUT2D eigenvalue weighted by Gasteiger charge is 2.24. The lowest BCUT2D eigenvalue weighted by Gasteiger charge is -2.23. The summed E-state index contributed by atoms with van der Waals surface area (Å²) in [6.45, 7) is 0.940. The van der Waals surface area contributed by atoms with Gasteiger partial charge >= 0.3 is 0 Å². The minimum atomic E-state index is -0.834. The first-order chi connectivity index (χ1) is 16.7. The van der Waals surface area contributed by atoms with Crippen LogP contribution in [0.25, 0.3) is 33.2 Å². The minimum absolute atomic E-state index is 0.179. The third-order valence-electron chi connectivity index (χ3n) is 6.37. The second kappa shape index (κ2) is 8.34. The van der Waals surface area contributed by atoms with Gasteiger partial charge in [-0.25, -0.2) is 9.37 Å². The number of nitrogens with one attached hydrogen (secondary N) is 5. The number of anilines is 2. The molecule has 34 heavy (non-hydrogen) atoms. The van der Waals surface area contributed by atoms with Crippen LogP contribution < -0.4 is 16.2 Å². The predicted molar refractivity (Wildman–Crippen MR) is 127 cm³/mol. The minimum Gasteiger partial charge on any atom is -0.321 e. The number of rotatable bonds is 5. The maximum absolute atomic E-state index is 14.1. The van der Waals surface area contributed by atoms with Gasteiger partial charge in [-0.1, -0.05) is 12.1 Å². The molecule has 172 valence electrons. The fourth-order valence-electron chi connectivity index (χ4n) is 4.63. The summed E-state index contributed by atoms with van der Waals surface area (Å²) in [6.07, 6.45) is 1.82. The molecule has 1 fully saturated rings. The molecule has 5 aromatic rings. The van der Waals surface area contributed by atoms with E-state index in [9.17, 15) is 9.18 Å². The number of nitrogens with zero attached hydrogens (tertiary/aromatic N) is 4. The third-order valence-corrected chi connectivity index (χ3v) is 6.37. The maximum atomic E-state index is 14.1. The smallest absolute Gasteiger partial charge is 0.272 e. The molecular weight excluding hydrogens is 437 g/mol. The molecule has 10 nitrogen and oxygen atoms in total. The van der Waals surface area contributed by atoms with Crippen molar-refractivity contribution >= 4 is 33.4 Å². The number of aromatic amines is 3. The van der Waals surface area contributed by atoms with Crippen LogP contribution in [-0.2, 0) is 6.67 Å². The number of fused-ring (bicyclic) bond motifs is 2. The number of para-hydroxylation sites is 1. The summed E-state index contributed by atoms with van der Waals surface area (Å²) < 4.78 is 14.1. The highest BCUT2D eigenvalue weighted by molar-refractivity contribution is 5.91. The second-order valence-electron chi connectivity index (χ2n) is 8.36. The average Bonchev–Trinajstić information content (AvgIpc) is 3.47. The molecule has 0 amide bonds. The average molecular weight is 459 g/mol. The predicted octanol–water partition coefficient (Wildman–Crippen LogP) is 3.26. The standard InChI is InChI=1S/C23H22FN9O/c24-11-15-13(5-6-17-18(15)23(34)33-29-17)20-26-22(19(30-32-20)12-7-9-25-10-8-12)27-21-14-3-1-2-4-16(14)28-31-21/h1-6,12,25H,7-11H2,(H2,29,33,34)(H2,26,27,28,31,32). The van der Waals surface area contributed by atoms with Crippen LogP contribution in [0, 0.1) is 0 Å². The van der Waals surface area contributed by atoms with Crippen LogP contribution in [0.2, 0.25) is 0 Å². The van der Waals surface area contributed by atoms with Crippen molar-refractivity contribution in [2.75, 3.05) is 18.4 Å². The van der Waals surface area contributed by atoms with E-state index in [1.54, 1.807) is 12.1 Å². The Bertz CT molecular complexity index is 1550. The van der Waals surface area contributed by atoms with E-state index in [4.69, 9.17) is 4.98 Å². The zero-order chi connectivity index (χ0) is 23.1. The van der Waals surface area contributed by atoms with E-state index in [0.717, 1.165) is 42.5 Å². The van der Waals surface area contributed by atoms with Gasteiger partial charge in [0.25, 0.3) is 5.56 Å². The molecule has 5 N–H and O–H groups in total. The molecule has 0 aliphatic carbocycles. The van der Waals surface area contributed by atoms with Crippen molar-refractivity contribution in [3.63, 3.8) is 0 Å². The van der Waals surface area contributed by atoms with E-state index >= 15 is 0 Å². The summed E-state index contributed by atoms with van der Waals surface area (Å²) in [4.78, 5) is 17.0. The molecule has 0 bridgehead atoms. The number of halogens is 1. The van der Waals surface area contributed by atoms with E-state index in [1.165, 1.54) is 0 Å². The zero-order valence-electron chi connectivity index (χ0n) is 18.2. The molecule has 3 aromatic heterocycles. The van der Waals surface area contributed by atoms with Crippen LogP contribution >= 0.6 is 0 Å². The Morgan fingerprint density at radius 3 is 2.71 bits per heavy atom. The van der Waals surface area contributed by atoms with E-state index in [2.05, 4.69) is 41.2 Å². The maximum Gasteiger partial charge on any atom is 0.272 e. The van der Waals surface area contributed by atoms with Crippen molar-refractivity contribution in [3.8, 4) is 11.4 Å². The third kappa shape index (κ3) is 3.41. The summed E-state index contributed by atoms with van der Waals surface area (Å²) in [5.74, 6) is 1.58. The van der Waals surface area contributed by atoms with Gasteiger partial charge in [-0.2, -0.15) is 5.10 Å². The van der Waals surface area contributed by atoms with Gasteiger partial charge in [0, 0.05) is 22.4 Å². The molecule has 2 aromatic carbocycles. The lowest BCUT2D eigenvalue weighted by atomic mass is 9.94. The van der Waals surface area contributed by atoms with Crippen molar-refractivity contribution < 1.29 is 4.39 Å². The Morgan fingerprint density at radius 2 is 1.85 bits per heavy atom. The van der Waals surface area contributed by atoms with Gasteiger partial charge in [0.2, 0.25) is 0 Å². The zero-order valence-corrected chi connectivity index (χ0v) is 18.2. The Hall–Kier alpha value is -4.12. The second-order valence-corrected chi connectivity index (χ2v) is 8.36. The highest BCUT2D eigenvalue weighted by atomic mass is 19.1. The van der Waals surface area contributed by atoms with Crippen molar-refractivity contribution in [2.24, 2.45) is 0 Å². The molecule has 6 rings (SSSR count). The number of H-pyrrole nitrogens is 3. The van der Waals surface area contributed by atoms with Crippen molar-refractivity contribution in [1.29, 1.82) is 0 Å². The number of alkyl halides is 1. The molecule has 11 heteroatoms. The summed E-state index contributed by atoms with van der Waals surface area (Å²) in [7, 11) is 0. The molecule has 1 aliphatic rings. The number of hydrogen-bond donors (Lipinski definition) is 5. The van der Waals surface area contributed by atoms with Gasteiger partial charge in [-0.05, 0) is 50.2 Å². The number of piperidine rings is 1. The molecule has 1 aliphatic heterocycles. The largest absolute Gasteiger partial charge is 0.321 e. The van der Waals surface area contributed by atoms with Crippen LogP contribution in [-0.4, -0.2) is 48.7 Å². The Balaban J connectivity index is 1.49. The summed E-state index contributed by atoms with van der Waals surface area (Å²) in [5.41, 5.74) is 2.45. The molecule has 1 saturated heterocycles. The van der Waals surface area contributed by atoms with Crippen molar-refractivity contribution in [3.05, 3.63) is 58.0 Å². The first-order valence-electron chi connectivity index (χ1n) is 11.2. The Labute approximate surface area is 192 Å². The van der Waals surface area contributed by atoms with Crippen molar-refractivity contribution in [2.45, 2.75) is 25.4 Å². The monoisotopic (exact) mass is 459 g/mol. The molecule has 0 atom stereocenters. The van der Waals surface area contributed by atoms with Crippen LogP contribution in [0.4, 0.5) is 16.0 Å². The number of hydrogen-bond acceptors (Lipinski definition) is 7. The van der Waals surface area contributed by atoms with Crippen LogP contribution in [0.1, 0.15) is 30.0 Å². The van der Waals surface area contributed by atoms with E-state index in [1.807, 2.05) is 24.3 Å². The van der Waals surface area contributed by atoms with Gasteiger partial charge in [0.15, 0.2) is 17.5 Å². The SMILES string of the molecule is O=c1[nH][nH]c2ccc(-c3nnc(C4CCNCC4)c(Nc4n[nH]c5ccccc45)n3)c(CF)c12. The fraction of sp³-hybridized carbons (Fsp3) is 0.261. The molecule has 4 heterocycles. The van der Waals surface area contributed by atoms with Gasteiger partial charge in [-0.3, -0.25) is 20.1 Å². The lowest BCUT2D eigenvalue weighted by Crippen LogP contribution is -2.27. The first kappa shape index (κ1) is 20.5. The van der Waals surface area contributed by atoms with Gasteiger partial charge in [0.1, 0.15) is 12.4 Å². The molecule has 0 radical (unpaired) electrons. The van der Waals surface area contributed by atoms with Crippen LogP contribution in [0.3, 0.4) is 0 Å². The molecule has 0 spiro atoms. The van der Waals surface area contributed by atoms with Crippen LogP contribution in [0.5, 0.6) is 0 Å². The quantitative estimate of drug-likeness (QED) is 0.272. The molecule has 0 unspecified atom stereocenters. The lowest BCUT2D eigenvalue weighted by molar-refractivity contribution is 0.450.